The molecule has 19 heavy (non-hydrogen) atoms. The number of rotatable bonds is 6. The van der Waals surface area contributed by atoms with Gasteiger partial charge in [0.2, 0.25) is 0 Å². The lowest BCUT2D eigenvalue weighted by molar-refractivity contribution is 0.0690. The number of terminal acetylenes is 1. The van der Waals surface area contributed by atoms with E-state index in [9.17, 15) is 9.90 Å². The zero-order valence-corrected chi connectivity index (χ0v) is 11.7. The van der Waals surface area contributed by atoms with Gasteiger partial charge in [-0.3, -0.25) is 0 Å². The number of carbonyl (C=O) groups is 1. The van der Waals surface area contributed by atoms with Crippen LogP contribution >= 0.6 is 11.8 Å². The summed E-state index contributed by atoms with van der Waals surface area (Å²) in [7, 11) is 0. The summed E-state index contributed by atoms with van der Waals surface area (Å²) in [5.74, 6) is 3.62. The molecule has 0 saturated heterocycles. The Labute approximate surface area is 117 Å². The second-order valence-corrected chi connectivity index (χ2v) is 5.67. The number of carboxylic acid groups (broad SMARTS) is 1. The van der Waals surface area contributed by atoms with Gasteiger partial charge in [0.15, 0.2) is 0 Å². The Bertz CT molecular complexity index is 533. The minimum atomic E-state index is -0.959. The monoisotopic (exact) mass is 276 g/mol. The fraction of sp³-hybridized carbons (Fsp3) is 0.500. The maximum atomic E-state index is 11.3. The van der Waals surface area contributed by atoms with Crippen LogP contribution in [-0.2, 0) is 0 Å². The number of nitrogens with zero attached hydrogens (tertiary/aromatic N) is 2. The minimum absolute atomic E-state index is 0.232. The van der Waals surface area contributed by atoms with Crippen LogP contribution in [0.15, 0.2) is 5.03 Å². The zero-order chi connectivity index (χ0) is 13.8. The summed E-state index contributed by atoms with van der Waals surface area (Å²) >= 11 is 1.46. The van der Waals surface area contributed by atoms with E-state index in [0.29, 0.717) is 23.1 Å². The average Bonchev–Trinajstić information content (AvgIpc) is 3.17. The summed E-state index contributed by atoms with van der Waals surface area (Å²) in [5, 5.41) is 9.85. The van der Waals surface area contributed by atoms with E-state index < -0.39 is 5.97 Å². The molecule has 4 nitrogen and oxygen atoms in total. The highest BCUT2D eigenvalue weighted by molar-refractivity contribution is 7.99. The molecule has 1 saturated carbocycles. The molecular formula is C14H16N2O2S. The molecule has 1 fully saturated rings. The molecule has 1 N–H and O–H groups in total. The van der Waals surface area contributed by atoms with Gasteiger partial charge < -0.3 is 5.11 Å². The number of hydrogen-bond acceptors (Lipinski definition) is 4. The van der Waals surface area contributed by atoms with Crippen molar-refractivity contribution in [3.8, 4) is 12.3 Å². The van der Waals surface area contributed by atoms with Crippen LogP contribution in [-0.4, -0.2) is 26.8 Å². The third kappa shape index (κ3) is 3.48. The minimum Gasteiger partial charge on any atom is -0.478 e. The highest BCUT2D eigenvalue weighted by Crippen LogP contribution is 2.39. The molecule has 0 atom stereocenters. The fourth-order valence-electron chi connectivity index (χ4n) is 1.79. The number of aromatic carboxylic acids is 1. The van der Waals surface area contributed by atoms with Gasteiger partial charge in [-0.15, -0.1) is 24.1 Å². The summed E-state index contributed by atoms with van der Waals surface area (Å²) in [6, 6.07) is 0. The predicted molar refractivity (Wildman–Crippen MR) is 74.5 cm³/mol. The molecule has 1 heterocycles. The van der Waals surface area contributed by atoms with Gasteiger partial charge >= 0.3 is 5.97 Å². The summed E-state index contributed by atoms with van der Waals surface area (Å²) < 4.78 is 0. The van der Waals surface area contributed by atoms with Gasteiger partial charge in [0.1, 0.15) is 16.4 Å². The second-order valence-electron chi connectivity index (χ2n) is 4.58. The standard InChI is InChI=1S/C14H16N2O2S/c1-3-4-5-8-19-13-11(14(17)18)9(2)15-12(16-13)10-6-7-10/h1,10H,4-8H2,2H3,(H,17,18). The van der Waals surface area contributed by atoms with Gasteiger partial charge in [0.05, 0.1) is 5.69 Å². The van der Waals surface area contributed by atoms with Gasteiger partial charge in [-0.1, -0.05) is 0 Å². The van der Waals surface area contributed by atoms with Crippen molar-refractivity contribution >= 4 is 17.7 Å². The Morgan fingerprint density at radius 1 is 1.53 bits per heavy atom. The molecular weight excluding hydrogens is 260 g/mol. The van der Waals surface area contributed by atoms with E-state index in [1.54, 1.807) is 6.92 Å². The van der Waals surface area contributed by atoms with E-state index >= 15 is 0 Å². The van der Waals surface area contributed by atoms with Crippen molar-refractivity contribution < 1.29 is 9.90 Å². The SMILES string of the molecule is C#CCCCSc1nc(C2CC2)nc(C)c1C(=O)O. The maximum absolute atomic E-state index is 11.3. The van der Waals surface area contributed by atoms with Crippen LogP contribution in [0.3, 0.4) is 0 Å². The molecule has 0 aromatic carbocycles. The Morgan fingerprint density at radius 2 is 2.26 bits per heavy atom. The van der Waals surface area contributed by atoms with Crippen LogP contribution < -0.4 is 0 Å². The molecule has 0 aliphatic heterocycles. The molecule has 0 bridgehead atoms. The first-order chi connectivity index (χ1) is 9.13. The third-order valence-corrected chi connectivity index (χ3v) is 4.00. The van der Waals surface area contributed by atoms with Crippen LogP contribution in [0.1, 0.15) is 53.5 Å². The Kier molecular flexibility index (Phi) is 4.43. The summed E-state index contributed by atoms with van der Waals surface area (Å²) in [4.78, 5) is 20.1. The number of aromatic nitrogens is 2. The molecule has 100 valence electrons. The van der Waals surface area contributed by atoms with Crippen molar-refractivity contribution in [2.24, 2.45) is 0 Å². The molecule has 0 radical (unpaired) electrons. The van der Waals surface area contributed by atoms with E-state index in [1.807, 2.05) is 0 Å². The summed E-state index contributed by atoms with van der Waals surface area (Å²) in [6.07, 6.45) is 8.98. The second kappa shape index (κ2) is 6.07. The molecule has 1 aromatic rings. The number of unbranched alkanes of at least 4 members (excludes halogenated alkanes) is 1. The van der Waals surface area contributed by atoms with Crippen molar-refractivity contribution in [3.05, 3.63) is 17.1 Å². The molecule has 0 spiro atoms. The fourth-order valence-corrected chi connectivity index (χ4v) is 2.80. The smallest absolute Gasteiger partial charge is 0.340 e. The Hall–Kier alpha value is -1.54. The quantitative estimate of drug-likeness (QED) is 0.374. The molecule has 2 rings (SSSR count). The topological polar surface area (TPSA) is 63.1 Å². The van der Waals surface area contributed by atoms with Crippen LogP contribution in [0.2, 0.25) is 0 Å². The average molecular weight is 276 g/mol. The number of thioether (sulfide) groups is 1. The van der Waals surface area contributed by atoms with Gasteiger partial charge in [0.25, 0.3) is 0 Å². The van der Waals surface area contributed by atoms with E-state index in [1.165, 1.54) is 11.8 Å². The normalized spacial score (nSPS) is 14.1. The van der Waals surface area contributed by atoms with Gasteiger partial charge in [-0.05, 0) is 26.2 Å². The molecule has 0 amide bonds. The van der Waals surface area contributed by atoms with Crippen LogP contribution in [0.25, 0.3) is 0 Å². The van der Waals surface area contributed by atoms with Crippen molar-refractivity contribution in [3.63, 3.8) is 0 Å². The van der Waals surface area contributed by atoms with Crippen LogP contribution in [0, 0.1) is 19.3 Å². The van der Waals surface area contributed by atoms with Crippen molar-refractivity contribution in [1.82, 2.24) is 9.97 Å². The molecule has 1 aliphatic carbocycles. The zero-order valence-electron chi connectivity index (χ0n) is 10.8. The highest BCUT2D eigenvalue weighted by Gasteiger charge is 2.29. The largest absolute Gasteiger partial charge is 0.478 e. The van der Waals surface area contributed by atoms with E-state index in [0.717, 1.165) is 30.8 Å². The molecule has 5 heteroatoms. The van der Waals surface area contributed by atoms with E-state index in [4.69, 9.17) is 6.42 Å². The van der Waals surface area contributed by atoms with Gasteiger partial charge in [0, 0.05) is 18.1 Å². The number of aryl methyl sites for hydroxylation is 1. The number of hydrogen-bond donors (Lipinski definition) is 1. The molecule has 1 aromatic heterocycles. The van der Waals surface area contributed by atoms with Crippen molar-refractivity contribution in [2.45, 2.75) is 43.6 Å². The first-order valence-electron chi connectivity index (χ1n) is 6.31. The van der Waals surface area contributed by atoms with Crippen molar-refractivity contribution in [2.75, 3.05) is 5.75 Å². The molecule has 1 aliphatic rings. The first-order valence-corrected chi connectivity index (χ1v) is 7.30. The van der Waals surface area contributed by atoms with Gasteiger partial charge in [-0.25, -0.2) is 14.8 Å². The Morgan fingerprint density at radius 3 is 2.84 bits per heavy atom. The maximum Gasteiger partial charge on any atom is 0.340 e. The first kappa shape index (κ1) is 13.9. The van der Waals surface area contributed by atoms with Crippen LogP contribution in [0.4, 0.5) is 0 Å². The highest BCUT2D eigenvalue weighted by atomic mass is 32.2. The number of carboxylic acids is 1. The predicted octanol–water partition coefficient (Wildman–Crippen LogP) is 2.87. The lowest BCUT2D eigenvalue weighted by Crippen LogP contribution is -2.09. The van der Waals surface area contributed by atoms with E-state index in [-0.39, 0.29) is 5.56 Å². The Balaban J connectivity index is 2.21. The van der Waals surface area contributed by atoms with Crippen molar-refractivity contribution in [1.29, 1.82) is 0 Å². The molecule has 0 unspecified atom stereocenters. The van der Waals surface area contributed by atoms with Crippen LogP contribution in [0.5, 0.6) is 0 Å². The van der Waals surface area contributed by atoms with E-state index in [2.05, 4.69) is 15.9 Å². The van der Waals surface area contributed by atoms with Gasteiger partial charge in [-0.2, -0.15) is 0 Å². The lowest BCUT2D eigenvalue weighted by atomic mass is 10.2. The summed E-state index contributed by atoms with van der Waals surface area (Å²) in [6.45, 7) is 1.74. The summed E-state index contributed by atoms with van der Waals surface area (Å²) in [5.41, 5.74) is 0.791. The lowest BCUT2D eigenvalue weighted by Gasteiger charge is -2.09. The third-order valence-electron chi connectivity index (χ3n) is 2.93.